The zero-order valence-corrected chi connectivity index (χ0v) is 11.6. The van der Waals surface area contributed by atoms with Crippen LogP contribution in [0.5, 0.6) is 0 Å². The van der Waals surface area contributed by atoms with Crippen molar-refractivity contribution in [2.75, 3.05) is 37.0 Å². The first-order valence-corrected chi connectivity index (χ1v) is 6.61. The second-order valence-electron chi connectivity index (χ2n) is 5.04. The SMILES string of the molecule is Cc1nc(N(C)CCN)cc(N(C)C2CCC2)n1. The molecule has 0 aromatic carbocycles. The summed E-state index contributed by atoms with van der Waals surface area (Å²) >= 11 is 0. The van der Waals surface area contributed by atoms with Crippen LogP contribution in [0.25, 0.3) is 0 Å². The minimum atomic E-state index is 0.632. The molecule has 2 N–H and O–H groups in total. The Morgan fingerprint density at radius 2 is 1.94 bits per heavy atom. The van der Waals surface area contributed by atoms with Crippen molar-refractivity contribution in [1.82, 2.24) is 9.97 Å². The van der Waals surface area contributed by atoms with Gasteiger partial charge in [0.2, 0.25) is 0 Å². The molecule has 1 saturated carbocycles. The highest BCUT2D eigenvalue weighted by molar-refractivity contribution is 5.51. The van der Waals surface area contributed by atoms with Crippen molar-refractivity contribution >= 4 is 11.6 Å². The molecule has 0 saturated heterocycles. The minimum Gasteiger partial charge on any atom is -0.358 e. The third kappa shape index (κ3) is 2.72. The van der Waals surface area contributed by atoms with E-state index in [1.807, 2.05) is 14.0 Å². The minimum absolute atomic E-state index is 0.632. The smallest absolute Gasteiger partial charge is 0.134 e. The van der Waals surface area contributed by atoms with Gasteiger partial charge < -0.3 is 15.5 Å². The van der Waals surface area contributed by atoms with Gasteiger partial charge in [0.15, 0.2) is 0 Å². The Balaban J connectivity index is 2.19. The summed E-state index contributed by atoms with van der Waals surface area (Å²) in [5.41, 5.74) is 5.59. The second kappa shape index (κ2) is 5.52. The van der Waals surface area contributed by atoms with E-state index in [1.54, 1.807) is 0 Å². The van der Waals surface area contributed by atoms with Crippen molar-refractivity contribution in [2.45, 2.75) is 32.2 Å². The number of aryl methyl sites for hydroxylation is 1. The highest BCUT2D eigenvalue weighted by Gasteiger charge is 2.23. The van der Waals surface area contributed by atoms with Gasteiger partial charge in [0.05, 0.1) is 0 Å². The van der Waals surface area contributed by atoms with Crippen molar-refractivity contribution < 1.29 is 0 Å². The van der Waals surface area contributed by atoms with Crippen LogP contribution < -0.4 is 15.5 Å². The van der Waals surface area contributed by atoms with Gasteiger partial charge in [-0.15, -0.1) is 0 Å². The molecule has 18 heavy (non-hydrogen) atoms. The number of aromatic nitrogens is 2. The summed E-state index contributed by atoms with van der Waals surface area (Å²) < 4.78 is 0. The van der Waals surface area contributed by atoms with Crippen molar-refractivity contribution in [1.29, 1.82) is 0 Å². The monoisotopic (exact) mass is 249 g/mol. The molecular weight excluding hydrogens is 226 g/mol. The summed E-state index contributed by atoms with van der Waals surface area (Å²) in [7, 11) is 4.14. The second-order valence-corrected chi connectivity index (χ2v) is 5.04. The van der Waals surface area contributed by atoms with Crippen LogP contribution in [0.2, 0.25) is 0 Å². The van der Waals surface area contributed by atoms with E-state index in [2.05, 4.69) is 32.9 Å². The lowest BCUT2D eigenvalue weighted by Crippen LogP contribution is -2.38. The number of anilines is 2. The van der Waals surface area contributed by atoms with Crippen LogP contribution in [0.1, 0.15) is 25.1 Å². The molecule has 0 aliphatic heterocycles. The van der Waals surface area contributed by atoms with E-state index in [-0.39, 0.29) is 0 Å². The van der Waals surface area contributed by atoms with Crippen molar-refractivity contribution in [3.05, 3.63) is 11.9 Å². The zero-order chi connectivity index (χ0) is 13.1. The summed E-state index contributed by atoms with van der Waals surface area (Å²) in [4.78, 5) is 13.4. The molecule has 1 aromatic rings. The molecule has 1 fully saturated rings. The molecule has 0 spiro atoms. The predicted molar refractivity (Wildman–Crippen MR) is 75.1 cm³/mol. The molecule has 5 heteroatoms. The number of rotatable bonds is 5. The van der Waals surface area contributed by atoms with Crippen LogP contribution in [-0.2, 0) is 0 Å². The van der Waals surface area contributed by atoms with E-state index >= 15 is 0 Å². The van der Waals surface area contributed by atoms with E-state index in [0.717, 1.165) is 24.0 Å². The molecule has 1 aliphatic carbocycles. The van der Waals surface area contributed by atoms with Gasteiger partial charge >= 0.3 is 0 Å². The summed E-state index contributed by atoms with van der Waals surface area (Å²) in [6.07, 6.45) is 3.88. The molecule has 100 valence electrons. The number of hydrogen-bond donors (Lipinski definition) is 1. The summed E-state index contributed by atoms with van der Waals surface area (Å²) in [5.74, 6) is 2.79. The molecule has 0 bridgehead atoms. The van der Waals surface area contributed by atoms with E-state index in [1.165, 1.54) is 19.3 Å². The van der Waals surface area contributed by atoms with Gasteiger partial charge in [-0.1, -0.05) is 0 Å². The third-order valence-electron chi connectivity index (χ3n) is 3.65. The van der Waals surface area contributed by atoms with Crippen LogP contribution in [0.3, 0.4) is 0 Å². The highest BCUT2D eigenvalue weighted by Crippen LogP contribution is 2.28. The average Bonchev–Trinajstić information content (AvgIpc) is 2.26. The summed E-state index contributed by atoms with van der Waals surface area (Å²) in [6.45, 7) is 3.38. The Kier molecular flexibility index (Phi) is 4.01. The van der Waals surface area contributed by atoms with Gasteiger partial charge in [0.1, 0.15) is 17.5 Å². The molecule has 0 amide bonds. The highest BCUT2D eigenvalue weighted by atomic mass is 15.2. The van der Waals surface area contributed by atoms with Crippen molar-refractivity contribution in [3.63, 3.8) is 0 Å². The molecule has 2 rings (SSSR count). The molecule has 0 radical (unpaired) electrons. The van der Waals surface area contributed by atoms with Crippen molar-refractivity contribution in [3.8, 4) is 0 Å². The Hall–Kier alpha value is -1.36. The normalized spacial score (nSPS) is 15.3. The first-order chi connectivity index (χ1) is 8.61. The molecule has 0 unspecified atom stereocenters. The lowest BCUT2D eigenvalue weighted by atomic mass is 9.92. The van der Waals surface area contributed by atoms with E-state index in [4.69, 9.17) is 5.73 Å². The van der Waals surface area contributed by atoms with Crippen LogP contribution in [0.4, 0.5) is 11.6 Å². The average molecular weight is 249 g/mol. The molecule has 1 aromatic heterocycles. The lowest BCUT2D eigenvalue weighted by Gasteiger charge is -2.36. The maximum Gasteiger partial charge on any atom is 0.134 e. The van der Waals surface area contributed by atoms with Gasteiger partial charge in [-0.3, -0.25) is 0 Å². The van der Waals surface area contributed by atoms with Gasteiger partial charge in [0.25, 0.3) is 0 Å². The lowest BCUT2D eigenvalue weighted by molar-refractivity contribution is 0.399. The molecule has 5 nitrogen and oxygen atoms in total. The fourth-order valence-electron chi connectivity index (χ4n) is 2.18. The topological polar surface area (TPSA) is 58.3 Å². The summed E-state index contributed by atoms with van der Waals surface area (Å²) in [5, 5.41) is 0. The van der Waals surface area contributed by atoms with E-state index < -0.39 is 0 Å². The van der Waals surface area contributed by atoms with Gasteiger partial charge in [-0.2, -0.15) is 0 Å². The third-order valence-corrected chi connectivity index (χ3v) is 3.65. The molecule has 0 atom stereocenters. The fraction of sp³-hybridized carbons (Fsp3) is 0.692. The van der Waals surface area contributed by atoms with Gasteiger partial charge in [-0.25, -0.2) is 9.97 Å². The van der Waals surface area contributed by atoms with Crippen LogP contribution in [0.15, 0.2) is 6.07 Å². The Labute approximate surface area is 109 Å². The Morgan fingerprint density at radius 3 is 2.50 bits per heavy atom. The number of nitrogens with zero attached hydrogens (tertiary/aromatic N) is 4. The summed E-state index contributed by atoms with van der Waals surface area (Å²) in [6, 6.07) is 2.70. The van der Waals surface area contributed by atoms with Crippen molar-refractivity contribution in [2.24, 2.45) is 5.73 Å². The first-order valence-electron chi connectivity index (χ1n) is 6.61. The molecule has 1 aliphatic rings. The number of hydrogen-bond acceptors (Lipinski definition) is 5. The first kappa shape index (κ1) is 13.1. The van der Waals surface area contributed by atoms with E-state index in [9.17, 15) is 0 Å². The number of nitrogens with two attached hydrogens (primary N) is 1. The van der Waals surface area contributed by atoms with Crippen LogP contribution in [-0.4, -0.2) is 43.2 Å². The Morgan fingerprint density at radius 1 is 1.28 bits per heavy atom. The largest absolute Gasteiger partial charge is 0.358 e. The maximum absolute atomic E-state index is 5.59. The van der Waals surface area contributed by atoms with Gasteiger partial charge in [0, 0.05) is 39.3 Å². The fourth-order valence-corrected chi connectivity index (χ4v) is 2.18. The standard InChI is InChI=1S/C13H23N5/c1-10-15-12(17(2)8-7-14)9-13(16-10)18(3)11-5-4-6-11/h9,11H,4-8,14H2,1-3H3. The van der Waals surface area contributed by atoms with E-state index in [0.29, 0.717) is 12.6 Å². The quantitative estimate of drug-likeness (QED) is 0.849. The zero-order valence-electron chi connectivity index (χ0n) is 11.6. The van der Waals surface area contributed by atoms with Crippen LogP contribution >= 0.6 is 0 Å². The molecular formula is C13H23N5. The number of likely N-dealkylation sites (N-methyl/N-ethyl adjacent to an activating group) is 1. The predicted octanol–water partition coefficient (Wildman–Crippen LogP) is 1.17. The Bertz CT molecular complexity index is 402. The maximum atomic E-state index is 5.59. The van der Waals surface area contributed by atoms with Gasteiger partial charge in [-0.05, 0) is 26.2 Å². The molecule has 1 heterocycles. The van der Waals surface area contributed by atoms with Crippen LogP contribution in [0, 0.1) is 6.92 Å².